The van der Waals surface area contributed by atoms with Crippen molar-refractivity contribution in [1.82, 2.24) is 0 Å². The Labute approximate surface area is 97.4 Å². The Kier molecular flexibility index (Phi) is 2.60. The number of anilines is 1. The molecule has 16 heavy (non-hydrogen) atoms. The molecule has 0 saturated heterocycles. The molecule has 0 unspecified atom stereocenters. The number of fused-ring (bicyclic) bond motifs is 1. The summed E-state index contributed by atoms with van der Waals surface area (Å²) in [6, 6.07) is 6.71. The lowest BCUT2D eigenvalue weighted by Crippen LogP contribution is -2.22. The zero-order valence-electron chi connectivity index (χ0n) is 9.78. The van der Waals surface area contributed by atoms with E-state index in [1.165, 1.54) is 43.6 Å². The summed E-state index contributed by atoms with van der Waals surface area (Å²) < 4.78 is 0. The van der Waals surface area contributed by atoms with Gasteiger partial charge in [0.15, 0.2) is 0 Å². The molecule has 1 heterocycles. The standard InChI is InChI=1S/C14H20N2/c15-8-6-12-2-1-3-14-13(12)7-9-16(14)10-11-4-5-11/h1-3,11H,4-10,15H2. The summed E-state index contributed by atoms with van der Waals surface area (Å²) in [6.45, 7) is 3.26. The van der Waals surface area contributed by atoms with Gasteiger partial charge < -0.3 is 10.6 Å². The molecule has 3 rings (SSSR count). The lowest BCUT2D eigenvalue weighted by molar-refractivity contribution is 0.747. The van der Waals surface area contributed by atoms with Crippen molar-refractivity contribution >= 4 is 5.69 Å². The van der Waals surface area contributed by atoms with E-state index in [9.17, 15) is 0 Å². The van der Waals surface area contributed by atoms with Crippen LogP contribution < -0.4 is 10.6 Å². The number of nitrogens with two attached hydrogens (primary N) is 1. The zero-order valence-corrected chi connectivity index (χ0v) is 9.78. The Hall–Kier alpha value is -1.02. The van der Waals surface area contributed by atoms with Crippen molar-refractivity contribution in [2.24, 2.45) is 11.7 Å². The summed E-state index contributed by atoms with van der Waals surface area (Å²) >= 11 is 0. The molecule has 2 N–H and O–H groups in total. The lowest BCUT2D eigenvalue weighted by atomic mass is 10.0. The van der Waals surface area contributed by atoms with E-state index in [4.69, 9.17) is 5.73 Å². The maximum Gasteiger partial charge on any atom is 0.0402 e. The number of benzene rings is 1. The fourth-order valence-corrected chi connectivity index (χ4v) is 2.76. The smallest absolute Gasteiger partial charge is 0.0402 e. The molecule has 1 saturated carbocycles. The van der Waals surface area contributed by atoms with E-state index in [1.807, 2.05) is 0 Å². The molecule has 0 bridgehead atoms. The van der Waals surface area contributed by atoms with E-state index in [2.05, 4.69) is 23.1 Å². The fourth-order valence-electron chi connectivity index (χ4n) is 2.76. The topological polar surface area (TPSA) is 29.3 Å². The Morgan fingerprint density at radius 1 is 1.31 bits per heavy atom. The third-order valence-electron chi connectivity index (χ3n) is 3.81. The molecule has 1 aromatic carbocycles. The molecule has 1 fully saturated rings. The third kappa shape index (κ3) is 1.82. The van der Waals surface area contributed by atoms with Crippen LogP contribution in [0, 0.1) is 5.92 Å². The van der Waals surface area contributed by atoms with E-state index < -0.39 is 0 Å². The van der Waals surface area contributed by atoms with Gasteiger partial charge >= 0.3 is 0 Å². The maximum atomic E-state index is 5.67. The van der Waals surface area contributed by atoms with E-state index in [1.54, 1.807) is 5.56 Å². The quantitative estimate of drug-likeness (QED) is 0.833. The molecule has 0 spiro atoms. The molecule has 1 aliphatic carbocycles. The predicted octanol–water partition coefficient (Wildman–Crippen LogP) is 1.96. The first-order valence-electron chi connectivity index (χ1n) is 6.44. The average molecular weight is 216 g/mol. The number of rotatable bonds is 4. The molecule has 2 aliphatic rings. The van der Waals surface area contributed by atoms with Crippen LogP contribution in [-0.4, -0.2) is 19.6 Å². The molecule has 0 radical (unpaired) electrons. The van der Waals surface area contributed by atoms with E-state index in [0.29, 0.717) is 0 Å². The summed E-state index contributed by atoms with van der Waals surface area (Å²) in [4.78, 5) is 2.58. The van der Waals surface area contributed by atoms with Crippen molar-refractivity contribution in [2.75, 3.05) is 24.5 Å². The first-order valence-corrected chi connectivity index (χ1v) is 6.44. The van der Waals surface area contributed by atoms with Gasteiger partial charge in [0.2, 0.25) is 0 Å². The minimum absolute atomic E-state index is 0.763. The van der Waals surface area contributed by atoms with Crippen LogP contribution in [0.1, 0.15) is 24.0 Å². The van der Waals surface area contributed by atoms with Crippen LogP contribution in [0.15, 0.2) is 18.2 Å². The van der Waals surface area contributed by atoms with Gasteiger partial charge in [-0.25, -0.2) is 0 Å². The van der Waals surface area contributed by atoms with Crippen molar-refractivity contribution in [1.29, 1.82) is 0 Å². The monoisotopic (exact) mass is 216 g/mol. The van der Waals surface area contributed by atoms with Crippen LogP contribution in [0.3, 0.4) is 0 Å². The largest absolute Gasteiger partial charge is 0.371 e. The van der Waals surface area contributed by atoms with Gasteiger partial charge in [-0.3, -0.25) is 0 Å². The number of hydrogen-bond donors (Lipinski definition) is 1. The van der Waals surface area contributed by atoms with Crippen LogP contribution >= 0.6 is 0 Å². The molecule has 0 amide bonds. The maximum absolute atomic E-state index is 5.67. The Morgan fingerprint density at radius 3 is 2.94 bits per heavy atom. The Bertz CT molecular complexity index is 382. The molecular formula is C14H20N2. The van der Waals surface area contributed by atoms with Gasteiger partial charge in [0.25, 0.3) is 0 Å². The molecule has 1 aromatic rings. The van der Waals surface area contributed by atoms with Crippen LogP contribution in [0.2, 0.25) is 0 Å². The summed E-state index contributed by atoms with van der Waals surface area (Å²) in [5, 5.41) is 0. The molecule has 1 aliphatic heterocycles. The normalized spacial score (nSPS) is 18.9. The highest BCUT2D eigenvalue weighted by Crippen LogP contribution is 2.36. The van der Waals surface area contributed by atoms with Crippen LogP contribution in [0.5, 0.6) is 0 Å². The number of hydrogen-bond acceptors (Lipinski definition) is 2. The van der Waals surface area contributed by atoms with Crippen LogP contribution in [0.25, 0.3) is 0 Å². The second-order valence-electron chi connectivity index (χ2n) is 5.09. The molecule has 0 atom stereocenters. The molecular weight excluding hydrogens is 196 g/mol. The second-order valence-corrected chi connectivity index (χ2v) is 5.09. The minimum atomic E-state index is 0.763. The first kappa shape index (κ1) is 10.2. The van der Waals surface area contributed by atoms with Gasteiger partial charge in [0.1, 0.15) is 0 Å². The van der Waals surface area contributed by atoms with Crippen molar-refractivity contribution < 1.29 is 0 Å². The van der Waals surface area contributed by atoms with Gasteiger partial charge in [-0.15, -0.1) is 0 Å². The Morgan fingerprint density at radius 2 is 2.19 bits per heavy atom. The van der Waals surface area contributed by atoms with Crippen molar-refractivity contribution in [2.45, 2.75) is 25.7 Å². The molecule has 2 heteroatoms. The summed E-state index contributed by atoms with van der Waals surface area (Å²) in [6.07, 6.45) is 5.13. The first-order chi connectivity index (χ1) is 7.88. The van der Waals surface area contributed by atoms with Gasteiger partial charge in [0, 0.05) is 18.8 Å². The van der Waals surface area contributed by atoms with Crippen molar-refractivity contribution in [3.63, 3.8) is 0 Å². The van der Waals surface area contributed by atoms with E-state index in [-0.39, 0.29) is 0 Å². The minimum Gasteiger partial charge on any atom is -0.371 e. The summed E-state index contributed by atoms with van der Waals surface area (Å²) in [5.74, 6) is 0.976. The van der Waals surface area contributed by atoms with Crippen molar-refractivity contribution in [3.8, 4) is 0 Å². The van der Waals surface area contributed by atoms with Gasteiger partial charge in [-0.1, -0.05) is 12.1 Å². The van der Waals surface area contributed by atoms with E-state index >= 15 is 0 Å². The lowest BCUT2D eigenvalue weighted by Gasteiger charge is -2.19. The van der Waals surface area contributed by atoms with Gasteiger partial charge in [0.05, 0.1) is 0 Å². The molecule has 0 aromatic heterocycles. The summed E-state index contributed by atoms with van der Waals surface area (Å²) in [5.41, 5.74) is 10.2. The predicted molar refractivity (Wildman–Crippen MR) is 67.8 cm³/mol. The van der Waals surface area contributed by atoms with Crippen LogP contribution in [-0.2, 0) is 12.8 Å². The average Bonchev–Trinajstić information content (AvgIpc) is 3.01. The highest BCUT2D eigenvalue weighted by atomic mass is 15.2. The SMILES string of the molecule is NCCc1cccc2c1CCN2CC1CC1. The fraction of sp³-hybridized carbons (Fsp3) is 0.571. The second kappa shape index (κ2) is 4.10. The third-order valence-corrected chi connectivity index (χ3v) is 3.81. The van der Waals surface area contributed by atoms with Gasteiger partial charge in [-0.2, -0.15) is 0 Å². The summed E-state index contributed by atoms with van der Waals surface area (Å²) in [7, 11) is 0. The Balaban J connectivity index is 1.84. The number of nitrogens with zero attached hydrogens (tertiary/aromatic N) is 1. The highest BCUT2D eigenvalue weighted by Gasteiger charge is 2.28. The van der Waals surface area contributed by atoms with Crippen LogP contribution in [0.4, 0.5) is 5.69 Å². The molecule has 86 valence electrons. The zero-order chi connectivity index (χ0) is 11.0. The highest BCUT2D eigenvalue weighted by molar-refractivity contribution is 5.61. The van der Waals surface area contributed by atoms with Crippen molar-refractivity contribution in [3.05, 3.63) is 29.3 Å². The van der Waals surface area contributed by atoms with E-state index in [0.717, 1.165) is 18.9 Å². The molecule has 2 nitrogen and oxygen atoms in total. The van der Waals surface area contributed by atoms with Gasteiger partial charge in [-0.05, 0) is 55.3 Å².